The van der Waals surface area contributed by atoms with Gasteiger partial charge in [-0.3, -0.25) is 0 Å². The van der Waals surface area contributed by atoms with Crippen LogP contribution in [0.4, 0.5) is 4.79 Å². The summed E-state index contributed by atoms with van der Waals surface area (Å²) in [6.07, 6.45) is 2.90. The van der Waals surface area contributed by atoms with Crippen molar-refractivity contribution in [1.29, 1.82) is 0 Å². The minimum atomic E-state index is -0.462. The number of methoxy groups -OCH3 is 2. The molecule has 1 aliphatic heterocycles. The van der Waals surface area contributed by atoms with Gasteiger partial charge < -0.3 is 29.7 Å². The summed E-state index contributed by atoms with van der Waals surface area (Å²) >= 11 is 0. The van der Waals surface area contributed by atoms with E-state index in [2.05, 4.69) is 10.6 Å². The lowest BCUT2D eigenvalue weighted by molar-refractivity contribution is 0.0162. The van der Waals surface area contributed by atoms with Gasteiger partial charge in [-0.05, 0) is 70.6 Å². The van der Waals surface area contributed by atoms with E-state index in [4.69, 9.17) is 19.2 Å². The molecule has 2 N–H and O–H groups in total. The minimum Gasteiger partial charge on any atom is -0.493 e. The summed E-state index contributed by atoms with van der Waals surface area (Å²) in [6.45, 7) is 11.4. The van der Waals surface area contributed by atoms with E-state index in [0.29, 0.717) is 24.0 Å². The van der Waals surface area contributed by atoms with Crippen molar-refractivity contribution in [3.8, 4) is 11.5 Å². The summed E-state index contributed by atoms with van der Waals surface area (Å²) < 4.78 is 16.2. The molecular weight excluding hydrogens is 535 g/mol. The number of nitrogens with zero attached hydrogens (tertiary/aromatic N) is 2. The van der Waals surface area contributed by atoms with E-state index in [1.165, 1.54) is 0 Å². The zero-order valence-corrected chi connectivity index (χ0v) is 23.2. The van der Waals surface area contributed by atoms with Gasteiger partial charge in [0.25, 0.3) is 0 Å². The Morgan fingerprint density at radius 3 is 2.55 bits per heavy atom. The molecule has 1 saturated heterocycles. The molecule has 1 unspecified atom stereocenters. The van der Waals surface area contributed by atoms with Crippen LogP contribution in [0.3, 0.4) is 0 Å². The maximum Gasteiger partial charge on any atom is 0.410 e. The van der Waals surface area contributed by atoms with Gasteiger partial charge in [-0.1, -0.05) is 6.07 Å². The Kier molecular flexibility index (Phi) is 12.7. The molecule has 0 radical (unpaired) electrons. The number of piperidine rings is 1. The second kappa shape index (κ2) is 14.4. The summed E-state index contributed by atoms with van der Waals surface area (Å²) in [7, 11) is 3.26. The first-order valence-electron chi connectivity index (χ1n) is 11.5. The summed E-state index contributed by atoms with van der Waals surface area (Å²) in [6, 6.07) is 5.82. The maximum absolute atomic E-state index is 12.4. The van der Waals surface area contributed by atoms with Crippen molar-refractivity contribution in [2.24, 2.45) is 10.9 Å². The molecule has 188 valence electrons. The fourth-order valence-corrected chi connectivity index (χ4v) is 3.68. The molecule has 9 heteroatoms. The summed E-state index contributed by atoms with van der Waals surface area (Å²) in [4.78, 5) is 18.9. The first-order valence-corrected chi connectivity index (χ1v) is 11.5. The third-order valence-electron chi connectivity index (χ3n) is 5.23. The number of hydrogen-bond donors (Lipinski definition) is 2. The summed E-state index contributed by atoms with van der Waals surface area (Å²) in [5.41, 5.74) is 0.580. The highest BCUT2D eigenvalue weighted by atomic mass is 127. The summed E-state index contributed by atoms with van der Waals surface area (Å²) in [5, 5.41) is 6.71. The number of likely N-dealkylation sites (tertiary alicyclic amines) is 1. The predicted molar refractivity (Wildman–Crippen MR) is 143 cm³/mol. The third kappa shape index (κ3) is 10.3. The van der Waals surface area contributed by atoms with E-state index in [1.54, 1.807) is 14.2 Å². The van der Waals surface area contributed by atoms with E-state index in [0.717, 1.165) is 57.0 Å². The number of halogens is 1. The van der Waals surface area contributed by atoms with Crippen molar-refractivity contribution in [2.75, 3.05) is 40.4 Å². The Morgan fingerprint density at radius 1 is 1.18 bits per heavy atom. The first-order chi connectivity index (χ1) is 15.3. The Labute approximate surface area is 215 Å². The topological polar surface area (TPSA) is 84.4 Å². The van der Waals surface area contributed by atoms with Crippen molar-refractivity contribution in [1.82, 2.24) is 15.5 Å². The normalized spacial score (nSPS) is 16.5. The highest BCUT2D eigenvalue weighted by Crippen LogP contribution is 2.27. The van der Waals surface area contributed by atoms with Crippen LogP contribution in [0, 0.1) is 5.92 Å². The van der Waals surface area contributed by atoms with Gasteiger partial charge in [0.15, 0.2) is 17.5 Å². The molecule has 0 spiro atoms. The van der Waals surface area contributed by atoms with Crippen LogP contribution in [0.1, 0.15) is 52.5 Å². The van der Waals surface area contributed by atoms with E-state index < -0.39 is 5.60 Å². The maximum atomic E-state index is 12.4. The average Bonchev–Trinajstić information content (AvgIpc) is 2.76. The van der Waals surface area contributed by atoms with Crippen LogP contribution in [-0.2, 0) is 11.3 Å². The highest BCUT2D eigenvalue weighted by Gasteiger charge is 2.27. The summed E-state index contributed by atoms with van der Waals surface area (Å²) in [5.74, 6) is 2.64. The molecule has 2 rings (SSSR count). The Morgan fingerprint density at radius 2 is 1.91 bits per heavy atom. The number of rotatable bonds is 8. The van der Waals surface area contributed by atoms with E-state index >= 15 is 0 Å². The molecule has 8 nitrogen and oxygen atoms in total. The molecule has 0 bridgehead atoms. The van der Waals surface area contributed by atoms with Crippen LogP contribution in [0.15, 0.2) is 23.2 Å². The van der Waals surface area contributed by atoms with Crippen molar-refractivity contribution >= 4 is 36.0 Å². The Balaban J connectivity index is 0.00000544. The number of benzene rings is 1. The quantitative estimate of drug-likeness (QED) is 0.271. The fourth-order valence-electron chi connectivity index (χ4n) is 3.68. The molecule has 0 aliphatic carbocycles. The molecule has 1 aromatic carbocycles. The van der Waals surface area contributed by atoms with Gasteiger partial charge in [0, 0.05) is 26.2 Å². The van der Waals surface area contributed by atoms with Crippen LogP contribution in [-0.4, -0.2) is 63.0 Å². The Hall–Kier alpha value is -1.91. The lowest BCUT2D eigenvalue weighted by atomic mass is 9.95. The molecule has 1 atom stereocenters. The number of hydrogen-bond acceptors (Lipinski definition) is 5. The molecule has 1 heterocycles. The SMILES string of the molecule is CCNC(=NCc1ccc(OC)c(OC)c1)NCCC1CCCN(C(=O)OC(C)(C)C)C1.I. The van der Waals surface area contributed by atoms with Gasteiger partial charge >= 0.3 is 6.09 Å². The number of carbonyl (C=O) groups is 1. The molecule has 1 fully saturated rings. The van der Waals surface area contributed by atoms with Crippen LogP contribution in [0.5, 0.6) is 11.5 Å². The largest absolute Gasteiger partial charge is 0.493 e. The van der Waals surface area contributed by atoms with Crippen LogP contribution < -0.4 is 20.1 Å². The standard InChI is InChI=1S/C24H40N4O4.HI/c1-7-25-22(27-16-19-10-11-20(30-5)21(15-19)31-6)26-13-12-18-9-8-14-28(17-18)23(29)32-24(2,3)4;/h10-11,15,18H,7-9,12-14,16-17H2,1-6H3,(H2,25,26,27);1H. The van der Waals surface area contributed by atoms with Gasteiger partial charge in [0.2, 0.25) is 0 Å². The predicted octanol–water partition coefficient (Wildman–Crippen LogP) is 4.41. The van der Waals surface area contributed by atoms with Crippen molar-refractivity contribution in [3.05, 3.63) is 23.8 Å². The molecular formula is C24H41IN4O4. The first kappa shape index (κ1) is 29.1. The van der Waals surface area contributed by atoms with Crippen LogP contribution in [0.2, 0.25) is 0 Å². The fraction of sp³-hybridized carbons (Fsp3) is 0.667. The minimum absolute atomic E-state index is 0. The monoisotopic (exact) mass is 576 g/mol. The second-order valence-corrected chi connectivity index (χ2v) is 9.03. The van der Waals surface area contributed by atoms with E-state index in [9.17, 15) is 4.79 Å². The van der Waals surface area contributed by atoms with Gasteiger partial charge in [0.05, 0.1) is 20.8 Å². The number of carbonyl (C=O) groups excluding carboxylic acids is 1. The number of ether oxygens (including phenoxy) is 3. The Bertz CT molecular complexity index is 767. The zero-order valence-electron chi connectivity index (χ0n) is 20.9. The number of aliphatic imine (C=N–C) groups is 1. The van der Waals surface area contributed by atoms with Crippen LogP contribution in [0.25, 0.3) is 0 Å². The second-order valence-electron chi connectivity index (χ2n) is 9.03. The van der Waals surface area contributed by atoms with Gasteiger partial charge in [0.1, 0.15) is 5.60 Å². The van der Waals surface area contributed by atoms with E-state index in [-0.39, 0.29) is 30.1 Å². The third-order valence-corrected chi connectivity index (χ3v) is 5.23. The van der Waals surface area contributed by atoms with Crippen LogP contribution >= 0.6 is 24.0 Å². The van der Waals surface area contributed by atoms with Gasteiger partial charge in [-0.2, -0.15) is 0 Å². The molecule has 1 aliphatic rings. The average molecular weight is 577 g/mol. The van der Waals surface area contributed by atoms with Crippen molar-refractivity contribution in [2.45, 2.75) is 59.1 Å². The molecule has 0 aromatic heterocycles. The van der Waals surface area contributed by atoms with Crippen molar-refractivity contribution in [3.63, 3.8) is 0 Å². The lowest BCUT2D eigenvalue weighted by Gasteiger charge is -2.34. The zero-order chi connectivity index (χ0) is 23.6. The molecule has 1 aromatic rings. The lowest BCUT2D eigenvalue weighted by Crippen LogP contribution is -2.44. The molecule has 1 amide bonds. The number of nitrogens with one attached hydrogen (secondary N) is 2. The highest BCUT2D eigenvalue weighted by molar-refractivity contribution is 14.0. The van der Waals surface area contributed by atoms with E-state index in [1.807, 2.05) is 50.8 Å². The van der Waals surface area contributed by atoms with Gasteiger partial charge in [-0.15, -0.1) is 24.0 Å². The number of amides is 1. The number of guanidine groups is 1. The smallest absolute Gasteiger partial charge is 0.410 e. The molecule has 0 saturated carbocycles. The molecule has 33 heavy (non-hydrogen) atoms. The van der Waals surface area contributed by atoms with Gasteiger partial charge in [-0.25, -0.2) is 9.79 Å². The van der Waals surface area contributed by atoms with Crippen molar-refractivity contribution < 1.29 is 19.0 Å².